The van der Waals surface area contributed by atoms with Gasteiger partial charge in [-0.3, -0.25) is 0 Å². The first-order valence-electron chi connectivity index (χ1n) is 13.6. The van der Waals surface area contributed by atoms with Gasteiger partial charge in [0.1, 0.15) is 18.3 Å². The predicted octanol–water partition coefficient (Wildman–Crippen LogP) is 7.70. The molecule has 0 fully saturated rings. The zero-order chi connectivity index (χ0) is 27.8. The Morgan fingerprint density at radius 1 is 0.550 bits per heavy atom. The van der Waals surface area contributed by atoms with Crippen LogP contribution in [0.2, 0.25) is 0 Å². The molecule has 4 heteroatoms. The molecule has 0 radical (unpaired) electrons. The smallest absolute Gasteiger partial charge is 0.118 e. The Morgan fingerprint density at radius 3 is 1.40 bits per heavy atom. The maximum absolute atomic E-state index is 6.57. The molecule has 0 unspecified atom stereocenters. The minimum atomic E-state index is -0.502. The Morgan fingerprint density at radius 2 is 0.950 bits per heavy atom. The van der Waals surface area contributed by atoms with Crippen LogP contribution in [0.1, 0.15) is 22.3 Å². The van der Waals surface area contributed by atoms with E-state index in [4.69, 9.17) is 18.9 Å². The number of ether oxygens (including phenoxy) is 4. The second-order valence-electron chi connectivity index (χ2n) is 9.61. The van der Waals surface area contributed by atoms with Gasteiger partial charge in [-0.15, -0.1) is 6.58 Å². The van der Waals surface area contributed by atoms with Crippen LogP contribution in [-0.4, -0.2) is 24.9 Å². The van der Waals surface area contributed by atoms with E-state index in [1.165, 1.54) is 0 Å². The molecule has 0 N–H and O–H groups in total. The van der Waals surface area contributed by atoms with Crippen molar-refractivity contribution < 1.29 is 18.9 Å². The number of hydrogen-bond donors (Lipinski definition) is 0. The highest BCUT2D eigenvalue weighted by Crippen LogP contribution is 2.24. The maximum Gasteiger partial charge on any atom is 0.118 e. The quantitative estimate of drug-likeness (QED) is 0.130. The largest absolute Gasteiger partial charge is 0.372 e. The minimum Gasteiger partial charge on any atom is -0.372 e. The van der Waals surface area contributed by atoms with Crippen LogP contribution in [0.3, 0.4) is 0 Å². The first-order chi connectivity index (χ1) is 19.7. The lowest BCUT2D eigenvalue weighted by atomic mass is 10.0. The van der Waals surface area contributed by atoms with Crippen molar-refractivity contribution in [1.29, 1.82) is 0 Å². The Kier molecular flexibility index (Phi) is 11.9. The fourth-order valence-electron chi connectivity index (χ4n) is 4.35. The van der Waals surface area contributed by atoms with Crippen molar-refractivity contribution in [2.45, 2.75) is 44.7 Å². The van der Waals surface area contributed by atoms with Crippen LogP contribution >= 0.6 is 0 Å². The summed E-state index contributed by atoms with van der Waals surface area (Å²) in [5.41, 5.74) is 5.07. The van der Waals surface area contributed by atoms with Gasteiger partial charge in [-0.05, 0) is 27.8 Å². The summed E-state index contributed by atoms with van der Waals surface area (Å²) >= 11 is 0. The third-order valence-corrected chi connectivity index (χ3v) is 6.50. The predicted molar refractivity (Wildman–Crippen MR) is 160 cm³/mol. The van der Waals surface area contributed by atoms with Crippen LogP contribution in [-0.2, 0) is 45.4 Å². The Hall–Kier alpha value is -3.80. The van der Waals surface area contributed by atoms with Gasteiger partial charge in [0, 0.05) is 0 Å². The normalized spacial score (nSPS) is 13.3. The van der Waals surface area contributed by atoms with E-state index in [2.05, 4.69) is 13.2 Å². The molecule has 0 amide bonds. The monoisotopic (exact) mass is 534 g/mol. The molecule has 3 atom stereocenters. The lowest BCUT2D eigenvalue weighted by molar-refractivity contribution is -0.129. The molecule has 40 heavy (non-hydrogen) atoms. The van der Waals surface area contributed by atoms with E-state index in [9.17, 15) is 0 Å². The van der Waals surface area contributed by atoms with Crippen LogP contribution in [0, 0.1) is 0 Å². The number of benzene rings is 4. The molecule has 206 valence electrons. The summed E-state index contributed by atoms with van der Waals surface area (Å²) < 4.78 is 25.6. The number of rotatable bonds is 17. The van der Waals surface area contributed by atoms with Crippen LogP contribution < -0.4 is 0 Å². The van der Waals surface area contributed by atoms with Gasteiger partial charge >= 0.3 is 0 Å². The van der Waals surface area contributed by atoms with Crippen molar-refractivity contribution in [2.24, 2.45) is 0 Å². The first kappa shape index (κ1) is 29.2. The van der Waals surface area contributed by atoms with Crippen molar-refractivity contribution >= 4 is 0 Å². The van der Waals surface area contributed by atoms with E-state index < -0.39 is 18.3 Å². The van der Waals surface area contributed by atoms with Crippen LogP contribution in [0.5, 0.6) is 0 Å². The van der Waals surface area contributed by atoms with Crippen molar-refractivity contribution in [2.75, 3.05) is 6.61 Å². The summed E-state index contributed by atoms with van der Waals surface area (Å²) in [5.74, 6) is 0. The Labute approximate surface area is 238 Å². The standard InChI is InChI=1S/C36H38O4/c1-3-34(38-26-31-18-10-5-11-19-31)36(40-28-33-22-14-7-15-23-33)35(39-27-32-20-12-6-13-21-32)29(2)24-37-25-30-16-8-4-9-17-30/h3-23,34-36H,1-2,24-28H2/t34-,35-,36+/m0/s1. The molecule has 4 nitrogen and oxygen atoms in total. The van der Waals surface area contributed by atoms with Gasteiger partial charge in [0.05, 0.1) is 33.0 Å². The molecule has 0 bridgehead atoms. The van der Waals surface area contributed by atoms with Gasteiger partial charge in [-0.25, -0.2) is 0 Å². The molecule has 0 aliphatic carbocycles. The summed E-state index contributed by atoms with van der Waals surface area (Å²) in [6.45, 7) is 10.5. The highest BCUT2D eigenvalue weighted by Gasteiger charge is 2.33. The van der Waals surface area contributed by atoms with Gasteiger partial charge in [-0.2, -0.15) is 0 Å². The molecular formula is C36H38O4. The summed E-state index contributed by atoms with van der Waals surface area (Å²) in [7, 11) is 0. The molecule has 4 aromatic carbocycles. The molecule has 4 rings (SSSR count). The average molecular weight is 535 g/mol. The molecule has 4 aromatic rings. The van der Waals surface area contributed by atoms with E-state index >= 15 is 0 Å². The van der Waals surface area contributed by atoms with Crippen molar-refractivity contribution in [3.8, 4) is 0 Å². The summed E-state index contributed by atoms with van der Waals surface area (Å²) in [4.78, 5) is 0. The first-order valence-corrected chi connectivity index (χ1v) is 13.6. The second kappa shape index (κ2) is 16.3. The fourth-order valence-corrected chi connectivity index (χ4v) is 4.35. The fraction of sp³-hybridized carbons (Fsp3) is 0.222. The topological polar surface area (TPSA) is 36.9 Å². The summed E-state index contributed by atoms with van der Waals surface area (Å²) in [6, 6.07) is 40.4. The summed E-state index contributed by atoms with van der Waals surface area (Å²) in [5, 5.41) is 0. The number of hydrogen-bond acceptors (Lipinski definition) is 4. The van der Waals surface area contributed by atoms with Crippen molar-refractivity contribution in [3.63, 3.8) is 0 Å². The van der Waals surface area contributed by atoms with Gasteiger partial charge in [0.2, 0.25) is 0 Å². The lowest BCUT2D eigenvalue weighted by Crippen LogP contribution is -2.43. The highest BCUT2D eigenvalue weighted by atomic mass is 16.6. The van der Waals surface area contributed by atoms with Gasteiger partial charge in [-0.1, -0.05) is 134 Å². The molecule has 0 spiro atoms. The van der Waals surface area contributed by atoms with Crippen LogP contribution in [0.4, 0.5) is 0 Å². The van der Waals surface area contributed by atoms with Crippen LogP contribution in [0.25, 0.3) is 0 Å². The molecule has 0 aliphatic heterocycles. The minimum absolute atomic E-state index is 0.322. The SMILES string of the molecule is C=C[C@H](OCc1ccccc1)[C@@H](OCc1ccccc1)[C@@H](OCc1ccccc1)C(=C)COCc1ccccc1. The van der Waals surface area contributed by atoms with E-state index in [-0.39, 0.29) is 0 Å². The van der Waals surface area contributed by atoms with E-state index in [1.54, 1.807) is 6.08 Å². The molecule has 0 saturated heterocycles. The Bertz CT molecular complexity index is 1260. The Balaban J connectivity index is 1.54. The van der Waals surface area contributed by atoms with E-state index in [1.807, 2.05) is 121 Å². The maximum atomic E-state index is 6.57. The van der Waals surface area contributed by atoms with Crippen LogP contribution in [0.15, 0.2) is 146 Å². The lowest BCUT2D eigenvalue weighted by Gasteiger charge is -2.33. The third-order valence-electron chi connectivity index (χ3n) is 6.50. The molecule has 0 heterocycles. The van der Waals surface area contributed by atoms with E-state index in [0.29, 0.717) is 33.0 Å². The highest BCUT2D eigenvalue weighted by molar-refractivity contribution is 5.18. The molecule has 0 aliphatic rings. The molecular weight excluding hydrogens is 496 g/mol. The summed E-state index contributed by atoms with van der Waals surface area (Å²) in [6.07, 6.45) is 0.335. The van der Waals surface area contributed by atoms with E-state index in [0.717, 1.165) is 27.8 Å². The van der Waals surface area contributed by atoms with Crippen molar-refractivity contribution in [1.82, 2.24) is 0 Å². The zero-order valence-corrected chi connectivity index (χ0v) is 22.9. The third kappa shape index (κ3) is 9.44. The molecule has 0 aromatic heterocycles. The average Bonchev–Trinajstić information content (AvgIpc) is 3.01. The molecule has 0 saturated carbocycles. The van der Waals surface area contributed by atoms with Gasteiger partial charge in [0.25, 0.3) is 0 Å². The van der Waals surface area contributed by atoms with Gasteiger partial charge < -0.3 is 18.9 Å². The van der Waals surface area contributed by atoms with Gasteiger partial charge in [0.15, 0.2) is 0 Å². The second-order valence-corrected chi connectivity index (χ2v) is 9.61. The zero-order valence-electron chi connectivity index (χ0n) is 22.9. The van der Waals surface area contributed by atoms with Crippen molar-refractivity contribution in [3.05, 3.63) is 168 Å².